The topological polar surface area (TPSA) is 39.2 Å². The van der Waals surface area contributed by atoms with Crippen molar-refractivity contribution in [2.75, 3.05) is 0 Å². The van der Waals surface area contributed by atoms with Crippen molar-refractivity contribution >= 4 is 22.6 Å². The summed E-state index contributed by atoms with van der Waals surface area (Å²) < 4.78 is 5.85. The Bertz CT molecular complexity index is 543. The van der Waals surface area contributed by atoms with E-state index in [-0.39, 0.29) is 0 Å². The van der Waals surface area contributed by atoms with Gasteiger partial charge in [-0.2, -0.15) is 0 Å². The maximum atomic E-state index is 6.29. The summed E-state index contributed by atoms with van der Waals surface area (Å²) in [5.74, 6) is 1.42. The van der Waals surface area contributed by atoms with Crippen LogP contribution in [0.15, 0.2) is 16.5 Å². The number of furan rings is 1. The van der Waals surface area contributed by atoms with Crippen LogP contribution in [0.4, 0.5) is 0 Å². The molecule has 0 radical (unpaired) electrons. The van der Waals surface area contributed by atoms with Crippen LogP contribution in [0, 0.1) is 12.8 Å². The fourth-order valence-electron chi connectivity index (χ4n) is 2.19. The van der Waals surface area contributed by atoms with E-state index >= 15 is 0 Å². The predicted octanol–water partition coefficient (Wildman–Crippen LogP) is 4.05. The van der Waals surface area contributed by atoms with Gasteiger partial charge >= 0.3 is 0 Å². The van der Waals surface area contributed by atoms with E-state index in [9.17, 15) is 0 Å². The molecule has 3 heteroatoms. The molecule has 1 aromatic heterocycles. The summed E-state index contributed by atoms with van der Waals surface area (Å²) in [4.78, 5) is 0. The molecule has 0 aliphatic carbocycles. The van der Waals surface area contributed by atoms with Gasteiger partial charge in [-0.15, -0.1) is 0 Å². The van der Waals surface area contributed by atoms with Crippen LogP contribution in [-0.4, -0.2) is 0 Å². The Hall–Kier alpha value is -0.990. The van der Waals surface area contributed by atoms with E-state index in [1.54, 1.807) is 0 Å². The second-order valence-corrected chi connectivity index (χ2v) is 5.28. The van der Waals surface area contributed by atoms with Crippen LogP contribution >= 0.6 is 11.6 Å². The van der Waals surface area contributed by atoms with Crippen LogP contribution in [0.1, 0.15) is 30.7 Å². The standard InChI is InChI=1S/C14H18ClNO/c1-8(2)6-10-12(7-16)17-14-9(3)4-5-11(15)13(10)14/h4-5,8H,6-7,16H2,1-3H3. The average Bonchev–Trinajstić information content (AvgIpc) is 2.63. The second kappa shape index (κ2) is 4.71. The lowest BCUT2D eigenvalue weighted by molar-refractivity contribution is 0.534. The monoisotopic (exact) mass is 251 g/mol. The Morgan fingerprint density at radius 3 is 2.65 bits per heavy atom. The lowest BCUT2D eigenvalue weighted by atomic mass is 9.99. The molecule has 2 aromatic rings. The van der Waals surface area contributed by atoms with Gasteiger partial charge in [0, 0.05) is 10.9 Å². The first kappa shape index (κ1) is 12.5. The molecule has 0 amide bonds. The Balaban J connectivity index is 2.73. The Labute approximate surface area is 107 Å². The molecule has 1 aromatic carbocycles. The van der Waals surface area contributed by atoms with Gasteiger partial charge in [0.15, 0.2) is 0 Å². The van der Waals surface area contributed by atoms with Crippen LogP contribution in [-0.2, 0) is 13.0 Å². The lowest BCUT2D eigenvalue weighted by Crippen LogP contribution is -2.01. The van der Waals surface area contributed by atoms with E-state index in [4.69, 9.17) is 21.8 Å². The Kier molecular flexibility index (Phi) is 3.45. The van der Waals surface area contributed by atoms with Gasteiger partial charge in [0.1, 0.15) is 11.3 Å². The zero-order valence-corrected chi connectivity index (χ0v) is 11.3. The molecule has 0 spiro atoms. The van der Waals surface area contributed by atoms with Crippen LogP contribution in [0.3, 0.4) is 0 Å². The zero-order chi connectivity index (χ0) is 12.6. The molecule has 0 aliphatic rings. The van der Waals surface area contributed by atoms with Crippen LogP contribution in [0.5, 0.6) is 0 Å². The third kappa shape index (κ3) is 2.20. The number of fused-ring (bicyclic) bond motifs is 1. The summed E-state index contributed by atoms with van der Waals surface area (Å²) >= 11 is 6.29. The highest BCUT2D eigenvalue weighted by Crippen LogP contribution is 2.35. The minimum absolute atomic E-state index is 0.423. The van der Waals surface area contributed by atoms with Crippen molar-refractivity contribution in [3.63, 3.8) is 0 Å². The predicted molar refractivity (Wildman–Crippen MR) is 72.4 cm³/mol. The number of aryl methyl sites for hydroxylation is 1. The molecular weight excluding hydrogens is 234 g/mol. The van der Waals surface area contributed by atoms with Crippen molar-refractivity contribution in [2.45, 2.75) is 33.7 Å². The van der Waals surface area contributed by atoms with Crippen LogP contribution in [0.2, 0.25) is 5.02 Å². The van der Waals surface area contributed by atoms with Crippen molar-refractivity contribution in [2.24, 2.45) is 11.7 Å². The van der Waals surface area contributed by atoms with Crippen molar-refractivity contribution in [1.29, 1.82) is 0 Å². The van der Waals surface area contributed by atoms with Gasteiger partial charge in [-0.1, -0.05) is 31.5 Å². The summed E-state index contributed by atoms with van der Waals surface area (Å²) in [5.41, 5.74) is 8.91. The van der Waals surface area contributed by atoms with Gasteiger partial charge in [-0.3, -0.25) is 0 Å². The third-order valence-corrected chi connectivity index (χ3v) is 3.28. The first-order valence-corrected chi connectivity index (χ1v) is 6.31. The van der Waals surface area contributed by atoms with E-state index < -0.39 is 0 Å². The Morgan fingerprint density at radius 1 is 1.35 bits per heavy atom. The summed E-state index contributed by atoms with van der Waals surface area (Å²) in [7, 11) is 0. The number of halogens is 1. The van der Waals surface area contributed by atoms with Crippen molar-refractivity contribution in [3.8, 4) is 0 Å². The molecule has 0 aliphatic heterocycles. The molecule has 1 heterocycles. The first-order valence-electron chi connectivity index (χ1n) is 5.94. The zero-order valence-electron chi connectivity index (χ0n) is 10.5. The van der Waals surface area contributed by atoms with Gasteiger partial charge < -0.3 is 10.2 Å². The normalized spacial score (nSPS) is 11.6. The third-order valence-electron chi connectivity index (χ3n) is 2.97. The van der Waals surface area contributed by atoms with E-state index in [1.165, 1.54) is 5.56 Å². The molecule has 0 fully saturated rings. The van der Waals surface area contributed by atoms with Gasteiger partial charge in [-0.25, -0.2) is 0 Å². The molecule has 2 N–H and O–H groups in total. The first-order chi connectivity index (χ1) is 8.04. The molecule has 17 heavy (non-hydrogen) atoms. The van der Waals surface area contributed by atoms with Crippen molar-refractivity contribution in [1.82, 2.24) is 0 Å². The smallest absolute Gasteiger partial charge is 0.139 e. The molecule has 2 rings (SSSR count). The maximum absolute atomic E-state index is 6.29. The highest BCUT2D eigenvalue weighted by atomic mass is 35.5. The molecule has 0 bridgehead atoms. The van der Waals surface area contributed by atoms with Gasteiger partial charge in [0.25, 0.3) is 0 Å². The second-order valence-electron chi connectivity index (χ2n) is 4.87. The fraction of sp³-hybridized carbons (Fsp3) is 0.429. The summed E-state index contributed by atoms with van der Waals surface area (Å²) in [6, 6.07) is 3.91. The lowest BCUT2D eigenvalue weighted by Gasteiger charge is -2.05. The molecule has 92 valence electrons. The van der Waals surface area contributed by atoms with Crippen LogP contribution in [0.25, 0.3) is 11.0 Å². The maximum Gasteiger partial charge on any atom is 0.139 e. The highest BCUT2D eigenvalue weighted by Gasteiger charge is 2.17. The van der Waals surface area contributed by atoms with Crippen LogP contribution < -0.4 is 5.73 Å². The van der Waals surface area contributed by atoms with Crippen molar-refractivity contribution < 1.29 is 4.42 Å². The summed E-state index contributed by atoms with van der Waals surface area (Å²) in [6.07, 6.45) is 0.947. The molecule has 0 saturated carbocycles. The summed E-state index contributed by atoms with van der Waals surface area (Å²) in [6.45, 7) is 6.82. The van der Waals surface area contributed by atoms with E-state index in [2.05, 4.69) is 13.8 Å². The number of nitrogens with two attached hydrogens (primary N) is 1. The molecule has 0 atom stereocenters. The minimum Gasteiger partial charge on any atom is -0.459 e. The van der Waals surface area contributed by atoms with Gasteiger partial charge in [0.2, 0.25) is 0 Å². The average molecular weight is 252 g/mol. The van der Waals surface area contributed by atoms with E-state index in [1.807, 2.05) is 19.1 Å². The molecule has 0 saturated heterocycles. The highest BCUT2D eigenvalue weighted by molar-refractivity contribution is 6.35. The minimum atomic E-state index is 0.423. The molecule has 2 nitrogen and oxygen atoms in total. The summed E-state index contributed by atoms with van der Waals surface area (Å²) in [5, 5.41) is 1.80. The number of benzene rings is 1. The number of hydrogen-bond donors (Lipinski definition) is 1. The van der Waals surface area contributed by atoms with Gasteiger partial charge in [0.05, 0.1) is 11.6 Å². The SMILES string of the molecule is Cc1ccc(Cl)c2c(CC(C)C)c(CN)oc12. The largest absolute Gasteiger partial charge is 0.459 e. The number of rotatable bonds is 3. The quantitative estimate of drug-likeness (QED) is 0.894. The van der Waals surface area contributed by atoms with E-state index in [0.717, 1.165) is 33.7 Å². The van der Waals surface area contributed by atoms with Crippen molar-refractivity contribution in [3.05, 3.63) is 34.0 Å². The number of hydrogen-bond acceptors (Lipinski definition) is 2. The van der Waals surface area contributed by atoms with Gasteiger partial charge in [-0.05, 0) is 30.9 Å². The molecular formula is C14H18ClNO. The van der Waals surface area contributed by atoms with E-state index in [0.29, 0.717) is 12.5 Å². The molecule has 0 unspecified atom stereocenters. The Morgan fingerprint density at radius 2 is 2.06 bits per heavy atom. The fourth-order valence-corrected chi connectivity index (χ4v) is 2.45.